The van der Waals surface area contributed by atoms with E-state index in [-0.39, 0.29) is 17.7 Å². The number of carbonyl (C=O) groups is 1. The van der Waals surface area contributed by atoms with Crippen molar-refractivity contribution in [1.82, 2.24) is 10.1 Å². The molecule has 0 radical (unpaired) electrons. The summed E-state index contributed by atoms with van der Waals surface area (Å²) in [5.74, 6) is -1.07. The maximum atomic E-state index is 10.5. The van der Waals surface area contributed by atoms with Gasteiger partial charge in [0.1, 0.15) is 0 Å². The molecule has 1 rings (SSSR count). The number of hydrogen-bond acceptors (Lipinski definition) is 5. The van der Waals surface area contributed by atoms with Gasteiger partial charge in [-0.25, -0.2) is 4.79 Å². The van der Waals surface area contributed by atoms with Crippen molar-refractivity contribution in [2.75, 3.05) is 6.54 Å². The van der Waals surface area contributed by atoms with Crippen LogP contribution in [-0.4, -0.2) is 27.8 Å². The van der Waals surface area contributed by atoms with Gasteiger partial charge in [-0.05, 0) is 11.1 Å². The van der Waals surface area contributed by atoms with Crippen LogP contribution in [0.15, 0.2) is 4.52 Å². The molecule has 0 saturated carbocycles. The first-order valence-corrected chi connectivity index (χ1v) is 4.33. The second-order valence-corrected chi connectivity index (χ2v) is 3.35. The molecular formula is C8H13N3O3. The van der Waals surface area contributed by atoms with Crippen LogP contribution in [0.4, 0.5) is 0 Å². The third kappa shape index (κ3) is 2.08. The van der Waals surface area contributed by atoms with Crippen molar-refractivity contribution in [3.63, 3.8) is 0 Å². The highest BCUT2D eigenvalue weighted by molar-refractivity contribution is 5.82. The summed E-state index contributed by atoms with van der Waals surface area (Å²) in [6, 6.07) is 0. The molecule has 0 bridgehead atoms. The molecule has 6 heteroatoms. The Kier molecular flexibility index (Phi) is 3.19. The number of nitrogens with zero attached hydrogens (tertiary/aromatic N) is 2. The summed E-state index contributed by atoms with van der Waals surface area (Å²) in [6.07, 6.45) is 0. The van der Waals surface area contributed by atoms with E-state index < -0.39 is 5.97 Å². The number of carboxylic acid groups (broad SMARTS) is 1. The van der Waals surface area contributed by atoms with E-state index in [1.807, 2.05) is 13.8 Å². The lowest BCUT2D eigenvalue weighted by atomic mass is 9.96. The first-order chi connectivity index (χ1) is 6.56. The molecular weight excluding hydrogens is 186 g/mol. The average molecular weight is 199 g/mol. The van der Waals surface area contributed by atoms with E-state index in [0.717, 1.165) is 0 Å². The third-order valence-corrected chi connectivity index (χ3v) is 2.01. The number of rotatable bonds is 4. The molecule has 1 aromatic rings. The molecule has 0 aliphatic heterocycles. The topological polar surface area (TPSA) is 102 Å². The fraction of sp³-hybridized carbons (Fsp3) is 0.625. The maximum Gasteiger partial charge on any atom is 0.377 e. The molecule has 0 fully saturated rings. The predicted octanol–water partition coefficient (Wildman–Crippen LogP) is 0.466. The molecule has 0 saturated heterocycles. The van der Waals surface area contributed by atoms with Crippen LogP contribution in [0.25, 0.3) is 0 Å². The number of aromatic nitrogens is 2. The van der Waals surface area contributed by atoms with E-state index >= 15 is 0 Å². The molecule has 0 aliphatic rings. The average Bonchev–Trinajstić information content (AvgIpc) is 2.53. The molecule has 0 aromatic carbocycles. The number of nitrogens with two attached hydrogens (primary N) is 1. The Labute approximate surface area is 81.1 Å². The van der Waals surface area contributed by atoms with Crippen LogP contribution in [-0.2, 0) is 0 Å². The van der Waals surface area contributed by atoms with E-state index in [1.54, 1.807) is 0 Å². The fourth-order valence-corrected chi connectivity index (χ4v) is 1.13. The van der Waals surface area contributed by atoms with Gasteiger partial charge >= 0.3 is 5.97 Å². The summed E-state index contributed by atoms with van der Waals surface area (Å²) in [4.78, 5) is 14.2. The molecule has 0 amide bonds. The molecule has 14 heavy (non-hydrogen) atoms. The minimum Gasteiger partial charge on any atom is -0.475 e. The van der Waals surface area contributed by atoms with Gasteiger partial charge in [-0.15, -0.1) is 0 Å². The lowest BCUT2D eigenvalue weighted by molar-refractivity contribution is 0.0680. The van der Waals surface area contributed by atoms with Gasteiger partial charge in [0, 0.05) is 6.54 Å². The van der Waals surface area contributed by atoms with Crippen LogP contribution in [0.2, 0.25) is 0 Å². The molecule has 1 unspecified atom stereocenters. The van der Waals surface area contributed by atoms with Crippen molar-refractivity contribution < 1.29 is 14.4 Å². The van der Waals surface area contributed by atoms with Gasteiger partial charge in [0.15, 0.2) is 0 Å². The zero-order valence-corrected chi connectivity index (χ0v) is 8.10. The molecule has 1 atom stereocenters. The van der Waals surface area contributed by atoms with Gasteiger partial charge in [-0.3, -0.25) is 0 Å². The summed E-state index contributed by atoms with van der Waals surface area (Å²) in [5, 5.41) is 11.9. The van der Waals surface area contributed by atoms with E-state index in [9.17, 15) is 4.79 Å². The van der Waals surface area contributed by atoms with E-state index in [0.29, 0.717) is 12.4 Å². The van der Waals surface area contributed by atoms with Crippen molar-refractivity contribution in [2.45, 2.75) is 19.8 Å². The molecule has 3 N–H and O–H groups in total. The zero-order chi connectivity index (χ0) is 10.7. The highest BCUT2D eigenvalue weighted by Gasteiger charge is 2.22. The predicted molar refractivity (Wildman–Crippen MR) is 47.9 cm³/mol. The van der Waals surface area contributed by atoms with Crippen LogP contribution >= 0.6 is 0 Å². The Morgan fingerprint density at radius 1 is 1.64 bits per heavy atom. The molecule has 78 valence electrons. The summed E-state index contributed by atoms with van der Waals surface area (Å²) in [5.41, 5.74) is 5.52. The standard InChI is InChI=1S/C8H13N3O3/c1-4(2)5(3-9)7-10-6(8(12)13)11-14-7/h4-5H,3,9H2,1-2H3,(H,12,13). The van der Waals surface area contributed by atoms with Gasteiger partial charge in [-0.1, -0.05) is 13.8 Å². The number of carboxylic acids is 1. The van der Waals surface area contributed by atoms with Gasteiger partial charge < -0.3 is 15.4 Å². The minimum absolute atomic E-state index is 0.0874. The largest absolute Gasteiger partial charge is 0.475 e. The van der Waals surface area contributed by atoms with Crippen LogP contribution in [0.1, 0.15) is 36.3 Å². The second-order valence-electron chi connectivity index (χ2n) is 3.35. The smallest absolute Gasteiger partial charge is 0.377 e. The van der Waals surface area contributed by atoms with Crippen LogP contribution in [0.5, 0.6) is 0 Å². The van der Waals surface area contributed by atoms with Gasteiger partial charge in [0.05, 0.1) is 5.92 Å². The first-order valence-electron chi connectivity index (χ1n) is 4.33. The van der Waals surface area contributed by atoms with E-state index in [2.05, 4.69) is 10.1 Å². The summed E-state index contributed by atoms with van der Waals surface area (Å²) < 4.78 is 4.82. The van der Waals surface area contributed by atoms with Crippen molar-refractivity contribution in [3.8, 4) is 0 Å². The molecule has 6 nitrogen and oxygen atoms in total. The van der Waals surface area contributed by atoms with E-state index in [4.69, 9.17) is 15.4 Å². The minimum atomic E-state index is -1.19. The zero-order valence-electron chi connectivity index (χ0n) is 8.10. The summed E-state index contributed by atoms with van der Waals surface area (Å²) in [7, 11) is 0. The van der Waals surface area contributed by atoms with Gasteiger partial charge in [0.2, 0.25) is 5.89 Å². The Bertz CT molecular complexity index is 321. The monoisotopic (exact) mass is 199 g/mol. The molecule has 0 aliphatic carbocycles. The highest BCUT2D eigenvalue weighted by Crippen LogP contribution is 2.21. The van der Waals surface area contributed by atoms with Crippen molar-refractivity contribution in [3.05, 3.63) is 11.7 Å². The number of hydrogen-bond donors (Lipinski definition) is 2. The van der Waals surface area contributed by atoms with Crippen LogP contribution < -0.4 is 5.73 Å². The Morgan fingerprint density at radius 2 is 2.29 bits per heavy atom. The number of aromatic carboxylic acids is 1. The summed E-state index contributed by atoms with van der Waals surface area (Å²) >= 11 is 0. The lowest BCUT2D eigenvalue weighted by Crippen LogP contribution is -2.18. The quantitative estimate of drug-likeness (QED) is 0.730. The fourth-order valence-electron chi connectivity index (χ4n) is 1.13. The summed E-state index contributed by atoms with van der Waals surface area (Å²) in [6.45, 7) is 4.28. The molecule has 1 aromatic heterocycles. The first kappa shape index (κ1) is 10.6. The van der Waals surface area contributed by atoms with Gasteiger partial charge in [-0.2, -0.15) is 4.98 Å². The highest BCUT2D eigenvalue weighted by atomic mass is 16.5. The Balaban J connectivity index is 2.89. The third-order valence-electron chi connectivity index (χ3n) is 2.01. The van der Waals surface area contributed by atoms with E-state index in [1.165, 1.54) is 0 Å². The Hall–Kier alpha value is -1.43. The maximum absolute atomic E-state index is 10.5. The molecule has 1 heterocycles. The lowest BCUT2D eigenvalue weighted by Gasteiger charge is -2.12. The van der Waals surface area contributed by atoms with Gasteiger partial charge in [0.25, 0.3) is 5.82 Å². The SMILES string of the molecule is CC(C)C(CN)c1nc(C(=O)O)no1. The van der Waals surface area contributed by atoms with Crippen molar-refractivity contribution >= 4 is 5.97 Å². The van der Waals surface area contributed by atoms with Crippen molar-refractivity contribution in [1.29, 1.82) is 0 Å². The van der Waals surface area contributed by atoms with Crippen LogP contribution in [0.3, 0.4) is 0 Å². The second kappa shape index (κ2) is 4.19. The van der Waals surface area contributed by atoms with Crippen molar-refractivity contribution in [2.24, 2.45) is 11.7 Å². The Morgan fingerprint density at radius 3 is 2.64 bits per heavy atom. The van der Waals surface area contributed by atoms with Crippen LogP contribution in [0, 0.1) is 5.92 Å². The normalized spacial score (nSPS) is 13.1. The molecule has 0 spiro atoms.